The van der Waals surface area contributed by atoms with E-state index in [1.807, 2.05) is 11.9 Å². The molecule has 134 valence electrons. The number of anilines is 2. The Hall–Kier alpha value is -1.76. The molecule has 1 aromatic rings. The summed E-state index contributed by atoms with van der Waals surface area (Å²) in [6.45, 7) is 0.531. The predicted octanol–water partition coefficient (Wildman–Crippen LogP) is 3.42. The van der Waals surface area contributed by atoms with E-state index < -0.39 is 18.0 Å². The van der Waals surface area contributed by atoms with Crippen LogP contribution in [0.5, 0.6) is 0 Å². The van der Waals surface area contributed by atoms with Gasteiger partial charge in [-0.3, -0.25) is 4.79 Å². The second-order valence-electron chi connectivity index (χ2n) is 6.28. The number of alkyl halides is 3. The van der Waals surface area contributed by atoms with Crippen molar-refractivity contribution in [3.63, 3.8) is 0 Å². The molecule has 1 aliphatic rings. The highest BCUT2D eigenvalue weighted by Gasteiger charge is 2.43. The fourth-order valence-electron chi connectivity index (χ4n) is 3.05. The quantitative estimate of drug-likeness (QED) is 0.860. The Bertz CT molecular complexity index is 546. The van der Waals surface area contributed by atoms with Crippen LogP contribution in [0.2, 0.25) is 0 Å². The van der Waals surface area contributed by atoms with E-state index in [4.69, 9.17) is 5.11 Å². The maximum Gasteiger partial charge on any atom is 0.391 e. The molecule has 0 radical (unpaired) electrons. The standard InChI is InChI=1S/C17H23F3N2O2/c1-22(9-10-23)15-7-5-14(6-8-15)21-16(24)12-3-2-4-13(11-12)17(18,19)20/h5-8,12-13,23H,2-4,9-11H2,1H3,(H,21,24). The zero-order valence-corrected chi connectivity index (χ0v) is 13.6. The number of hydrogen-bond acceptors (Lipinski definition) is 3. The van der Waals surface area contributed by atoms with Gasteiger partial charge >= 0.3 is 6.18 Å². The van der Waals surface area contributed by atoms with Gasteiger partial charge in [0.15, 0.2) is 0 Å². The van der Waals surface area contributed by atoms with E-state index in [0.29, 0.717) is 25.1 Å². The summed E-state index contributed by atoms with van der Waals surface area (Å²) >= 11 is 0. The van der Waals surface area contributed by atoms with E-state index in [1.165, 1.54) is 0 Å². The van der Waals surface area contributed by atoms with Crippen LogP contribution in [0.4, 0.5) is 24.5 Å². The van der Waals surface area contributed by atoms with E-state index in [1.54, 1.807) is 24.3 Å². The Kier molecular flexibility index (Phi) is 6.10. The van der Waals surface area contributed by atoms with E-state index in [2.05, 4.69) is 5.32 Å². The lowest BCUT2D eigenvalue weighted by molar-refractivity contribution is -0.185. The average Bonchev–Trinajstić information content (AvgIpc) is 2.55. The van der Waals surface area contributed by atoms with Crippen molar-refractivity contribution in [1.29, 1.82) is 0 Å². The van der Waals surface area contributed by atoms with Crippen LogP contribution in [-0.4, -0.2) is 37.4 Å². The zero-order chi connectivity index (χ0) is 17.7. The summed E-state index contributed by atoms with van der Waals surface area (Å²) in [5.74, 6) is -2.32. The fourth-order valence-corrected chi connectivity index (χ4v) is 3.05. The van der Waals surface area contributed by atoms with Gasteiger partial charge in [-0.05, 0) is 43.5 Å². The first-order valence-corrected chi connectivity index (χ1v) is 8.11. The molecule has 1 amide bonds. The highest BCUT2D eigenvalue weighted by Crippen LogP contribution is 2.40. The van der Waals surface area contributed by atoms with E-state index in [9.17, 15) is 18.0 Å². The molecule has 1 aliphatic carbocycles. The number of nitrogens with one attached hydrogen (secondary N) is 1. The lowest BCUT2D eigenvalue weighted by Gasteiger charge is -2.29. The summed E-state index contributed by atoms with van der Waals surface area (Å²) < 4.78 is 38.5. The number of rotatable bonds is 5. The first-order valence-electron chi connectivity index (χ1n) is 8.11. The van der Waals surface area contributed by atoms with Crippen molar-refractivity contribution in [1.82, 2.24) is 0 Å². The van der Waals surface area contributed by atoms with Crippen LogP contribution in [-0.2, 0) is 4.79 Å². The zero-order valence-electron chi connectivity index (χ0n) is 13.6. The fraction of sp³-hybridized carbons (Fsp3) is 0.588. The number of hydrogen-bond donors (Lipinski definition) is 2. The Balaban J connectivity index is 1.94. The Morgan fingerprint density at radius 2 is 1.96 bits per heavy atom. The SMILES string of the molecule is CN(CCO)c1ccc(NC(=O)C2CCCC(C(F)(F)F)C2)cc1. The lowest BCUT2D eigenvalue weighted by atomic mass is 9.80. The van der Waals surface area contributed by atoms with Crippen molar-refractivity contribution >= 4 is 17.3 Å². The largest absolute Gasteiger partial charge is 0.395 e. The summed E-state index contributed by atoms with van der Waals surface area (Å²) in [5, 5.41) is 11.6. The molecule has 4 nitrogen and oxygen atoms in total. The van der Waals surface area contributed by atoms with Gasteiger partial charge in [0.2, 0.25) is 5.91 Å². The summed E-state index contributed by atoms with van der Waals surface area (Å²) in [6, 6.07) is 7.02. The third-order valence-corrected chi connectivity index (χ3v) is 4.52. The van der Waals surface area contributed by atoms with Gasteiger partial charge in [0.05, 0.1) is 12.5 Å². The molecule has 1 saturated carbocycles. The molecule has 2 atom stereocenters. The van der Waals surface area contributed by atoms with Gasteiger partial charge in [-0.1, -0.05) is 6.42 Å². The van der Waals surface area contributed by atoms with Crippen molar-refractivity contribution < 1.29 is 23.1 Å². The average molecular weight is 344 g/mol. The number of aliphatic hydroxyl groups excluding tert-OH is 1. The second kappa shape index (κ2) is 7.88. The van der Waals surface area contributed by atoms with Crippen LogP contribution in [0, 0.1) is 11.8 Å². The highest BCUT2D eigenvalue weighted by atomic mass is 19.4. The van der Waals surface area contributed by atoms with Crippen molar-refractivity contribution in [2.45, 2.75) is 31.9 Å². The Morgan fingerprint density at radius 3 is 2.54 bits per heavy atom. The molecule has 1 aromatic carbocycles. The van der Waals surface area contributed by atoms with Crippen LogP contribution in [0.3, 0.4) is 0 Å². The summed E-state index contributed by atoms with van der Waals surface area (Å²) in [6.07, 6.45) is -3.33. The maximum absolute atomic E-state index is 12.8. The number of likely N-dealkylation sites (N-methyl/N-ethyl adjacent to an activating group) is 1. The number of carbonyl (C=O) groups excluding carboxylic acids is 1. The number of benzene rings is 1. The second-order valence-corrected chi connectivity index (χ2v) is 6.28. The van der Waals surface area contributed by atoms with Crippen LogP contribution in [0.25, 0.3) is 0 Å². The minimum atomic E-state index is -4.22. The third-order valence-electron chi connectivity index (χ3n) is 4.52. The molecule has 0 aliphatic heterocycles. The summed E-state index contributed by atoms with van der Waals surface area (Å²) in [5.41, 5.74) is 1.45. The molecular weight excluding hydrogens is 321 g/mol. The molecular formula is C17H23F3N2O2. The number of nitrogens with zero attached hydrogens (tertiary/aromatic N) is 1. The Morgan fingerprint density at radius 1 is 1.29 bits per heavy atom. The molecule has 1 fully saturated rings. The van der Waals surface area contributed by atoms with Gasteiger partial charge in [0, 0.05) is 30.9 Å². The van der Waals surface area contributed by atoms with Crippen molar-refractivity contribution in [2.24, 2.45) is 11.8 Å². The third kappa shape index (κ3) is 4.87. The van der Waals surface area contributed by atoms with Gasteiger partial charge in [0.25, 0.3) is 0 Å². The van der Waals surface area contributed by atoms with Crippen LogP contribution in [0.1, 0.15) is 25.7 Å². The van der Waals surface area contributed by atoms with Crippen molar-refractivity contribution in [2.75, 3.05) is 30.4 Å². The monoisotopic (exact) mass is 344 g/mol. The minimum absolute atomic E-state index is 0.0387. The topological polar surface area (TPSA) is 52.6 Å². The van der Waals surface area contributed by atoms with Gasteiger partial charge in [0.1, 0.15) is 0 Å². The van der Waals surface area contributed by atoms with Gasteiger partial charge in [-0.15, -0.1) is 0 Å². The first kappa shape index (κ1) is 18.6. The van der Waals surface area contributed by atoms with Gasteiger partial charge in [-0.25, -0.2) is 0 Å². The van der Waals surface area contributed by atoms with Gasteiger partial charge in [-0.2, -0.15) is 13.2 Å². The lowest BCUT2D eigenvalue weighted by Crippen LogP contribution is -2.34. The van der Waals surface area contributed by atoms with Crippen LogP contribution in [0.15, 0.2) is 24.3 Å². The Labute approximate surface area is 139 Å². The molecule has 2 rings (SSSR count). The van der Waals surface area contributed by atoms with Crippen LogP contribution < -0.4 is 10.2 Å². The molecule has 2 unspecified atom stereocenters. The highest BCUT2D eigenvalue weighted by molar-refractivity contribution is 5.92. The predicted molar refractivity (Wildman–Crippen MR) is 86.9 cm³/mol. The summed E-state index contributed by atoms with van der Waals surface area (Å²) in [4.78, 5) is 14.1. The molecule has 0 spiro atoms. The number of halogens is 3. The molecule has 24 heavy (non-hydrogen) atoms. The molecule has 7 heteroatoms. The normalized spacial score (nSPS) is 21.4. The van der Waals surface area contributed by atoms with E-state index >= 15 is 0 Å². The summed E-state index contributed by atoms with van der Waals surface area (Å²) in [7, 11) is 1.84. The number of amides is 1. The number of aliphatic hydroxyl groups is 1. The van der Waals surface area contributed by atoms with Gasteiger partial charge < -0.3 is 15.3 Å². The molecule has 0 saturated heterocycles. The molecule has 2 N–H and O–H groups in total. The number of carbonyl (C=O) groups is 1. The smallest absolute Gasteiger partial charge is 0.391 e. The van der Waals surface area contributed by atoms with Crippen molar-refractivity contribution in [3.05, 3.63) is 24.3 Å². The molecule has 0 aromatic heterocycles. The molecule has 0 bridgehead atoms. The minimum Gasteiger partial charge on any atom is -0.395 e. The van der Waals surface area contributed by atoms with Crippen LogP contribution >= 0.6 is 0 Å². The maximum atomic E-state index is 12.8. The molecule has 0 heterocycles. The van der Waals surface area contributed by atoms with E-state index in [0.717, 1.165) is 5.69 Å². The first-order chi connectivity index (χ1) is 11.3. The van der Waals surface area contributed by atoms with Crippen molar-refractivity contribution in [3.8, 4) is 0 Å². The van der Waals surface area contributed by atoms with E-state index in [-0.39, 0.29) is 25.4 Å².